The molecule has 1 atom stereocenters. The fourth-order valence-electron chi connectivity index (χ4n) is 3.86. The lowest BCUT2D eigenvalue weighted by Gasteiger charge is -2.31. The molecule has 1 aliphatic heterocycles. The number of carbonyl (C=O) groups excluding carboxylic acids is 2. The van der Waals surface area contributed by atoms with Gasteiger partial charge in [0.1, 0.15) is 5.76 Å². The molecule has 0 spiro atoms. The first-order chi connectivity index (χ1) is 12.1. The van der Waals surface area contributed by atoms with Crippen LogP contribution in [0.15, 0.2) is 16.9 Å². The first-order valence-corrected chi connectivity index (χ1v) is 8.93. The number of rotatable bonds is 3. The molecule has 1 unspecified atom stereocenters. The Morgan fingerprint density at radius 1 is 1.24 bits per heavy atom. The fourth-order valence-corrected chi connectivity index (χ4v) is 3.86. The van der Waals surface area contributed by atoms with Crippen molar-refractivity contribution in [2.75, 3.05) is 13.1 Å². The van der Waals surface area contributed by atoms with Crippen LogP contribution < -0.4 is 0 Å². The van der Waals surface area contributed by atoms with Crippen molar-refractivity contribution in [1.29, 1.82) is 0 Å². The van der Waals surface area contributed by atoms with E-state index < -0.39 is 0 Å². The zero-order valence-corrected chi connectivity index (χ0v) is 14.4. The summed E-state index contributed by atoms with van der Waals surface area (Å²) >= 11 is 0. The van der Waals surface area contributed by atoms with Gasteiger partial charge < -0.3 is 14.0 Å². The molecular weight excluding hydrogens is 320 g/mol. The Balaban J connectivity index is 1.51. The molecule has 1 amide bonds. The molecular formula is C18H22N4O3. The van der Waals surface area contributed by atoms with Gasteiger partial charge in [0.15, 0.2) is 11.5 Å². The number of aromatic nitrogens is 3. The molecule has 7 heteroatoms. The summed E-state index contributed by atoms with van der Waals surface area (Å²) in [5, 5.41) is 4.04. The summed E-state index contributed by atoms with van der Waals surface area (Å²) in [6.07, 6.45) is 8.84. The first kappa shape index (κ1) is 16.1. The SMILES string of the molecule is Cn1ccnc1C(=O)C1CCCN(C(=O)c2noc3c2CCCC3)C1. The van der Waals surface area contributed by atoms with Crippen molar-refractivity contribution in [2.24, 2.45) is 13.0 Å². The van der Waals surface area contributed by atoms with E-state index >= 15 is 0 Å². The second kappa shape index (κ2) is 6.46. The molecule has 0 aromatic carbocycles. The van der Waals surface area contributed by atoms with Crippen LogP contribution in [-0.2, 0) is 19.9 Å². The Morgan fingerprint density at radius 3 is 2.88 bits per heavy atom. The van der Waals surface area contributed by atoms with Crippen LogP contribution in [-0.4, -0.2) is 44.4 Å². The van der Waals surface area contributed by atoms with Gasteiger partial charge in [-0.3, -0.25) is 9.59 Å². The van der Waals surface area contributed by atoms with Crippen molar-refractivity contribution in [3.63, 3.8) is 0 Å². The van der Waals surface area contributed by atoms with E-state index in [1.807, 2.05) is 7.05 Å². The van der Waals surface area contributed by atoms with Gasteiger partial charge in [-0.2, -0.15) is 0 Å². The van der Waals surface area contributed by atoms with Gasteiger partial charge in [0, 0.05) is 50.4 Å². The highest BCUT2D eigenvalue weighted by Crippen LogP contribution is 2.27. The Hall–Kier alpha value is -2.44. The number of piperidine rings is 1. The lowest BCUT2D eigenvalue weighted by molar-refractivity contribution is 0.0624. The maximum atomic E-state index is 12.9. The monoisotopic (exact) mass is 342 g/mol. The number of nitrogens with zero attached hydrogens (tertiary/aromatic N) is 4. The Morgan fingerprint density at radius 2 is 2.08 bits per heavy atom. The van der Waals surface area contributed by atoms with Crippen LogP contribution in [0.4, 0.5) is 0 Å². The standard InChI is InChI=1S/C18H22N4O3/c1-21-10-8-19-17(21)16(23)12-5-4-9-22(11-12)18(24)15-13-6-2-3-7-14(13)25-20-15/h8,10,12H,2-7,9,11H2,1H3. The van der Waals surface area contributed by atoms with Crippen LogP contribution in [0.5, 0.6) is 0 Å². The van der Waals surface area contributed by atoms with Crippen molar-refractivity contribution >= 4 is 11.7 Å². The number of hydrogen-bond acceptors (Lipinski definition) is 5. The molecule has 0 N–H and O–H groups in total. The number of fused-ring (bicyclic) bond motifs is 1. The van der Waals surface area contributed by atoms with Crippen LogP contribution in [0, 0.1) is 5.92 Å². The molecule has 1 aliphatic carbocycles. The third-order valence-corrected chi connectivity index (χ3v) is 5.27. The Kier molecular flexibility index (Phi) is 4.15. The summed E-state index contributed by atoms with van der Waals surface area (Å²) in [6.45, 7) is 1.08. The summed E-state index contributed by atoms with van der Waals surface area (Å²) in [7, 11) is 1.81. The molecule has 1 saturated heterocycles. The number of hydrogen-bond donors (Lipinski definition) is 0. The maximum Gasteiger partial charge on any atom is 0.276 e. The molecule has 1 fully saturated rings. The quantitative estimate of drug-likeness (QED) is 0.797. The minimum atomic E-state index is -0.207. The van der Waals surface area contributed by atoms with Crippen LogP contribution in [0.3, 0.4) is 0 Å². The number of likely N-dealkylation sites (tertiary alicyclic amines) is 1. The van der Waals surface area contributed by atoms with Gasteiger partial charge in [0.05, 0.1) is 0 Å². The minimum Gasteiger partial charge on any atom is -0.360 e. The topological polar surface area (TPSA) is 81.2 Å². The van der Waals surface area contributed by atoms with Gasteiger partial charge in [-0.1, -0.05) is 5.16 Å². The summed E-state index contributed by atoms with van der Waals surface area (Å²) in [6, 6.07) is 0. The van der Waals surface area contributed by atoms with Crippen molar-refractivity contribution < 1.29 is 14.1 Å². The predicted octanol–water partition coefficient (Wildman–Crippen LogP) is 2.02. The highest BCUT2D eigenvalue weighted by Gasteiger charge is 2.34. The molecule has 0 bridgehead atoms. The summed E-state index contributed by atoms with van der Waals surface area (Å²) in [4.78, 5) is 31.5. The lowest BCUT2D eigenvalue weighted by atomic mass is 9.92. The largest absolute Gasteiger partial charge is 0.360 e. The zero-order valence-electron chi connectivity index (χ0n) is 14.4. The summed E-state index contributed by atoms with van der Waals surface area (Å²) in [5.74, 6) is 1.00. The van der Waals surface area contributed by atoms with Gasteiger partial charge in [-0.15, -0.1) is 0 Å². The number of carbonyl (C=O) groups is 2. The van der Waals surface area contributed by atoms with Crippen molar-refractivity contribution in [1.82, 2.24) is 19.6 Å². The zero-order chi connectivity index (χ0) is 17.4. The van der Waals surface area contributed by atoms with E-state index in [4.69, 9.17) is 4.52 Å². The molecule has 25 heavy (non-hydrogen) atoms. The maximum absolute atomic E-state index is 12.9. The average Bonchev–Trinajstić information content (AvgIpc) is 3.27. The normalized spacial score (nSPS) is 20.4. The molecule has 3 heterocycles. The van der Waals surface area contributed by atoms with Gasteiger partial charge in [0.2, 0.25) is 5.78 Å². The van der Waals surface area contributed by atoms with Gasteiger partial charge >= 0.3 is 0 Å². The van der Waals surface area contributed by atoms with Gasteiger partial charge in [-0.05, 0) is 32.1 Å². The van der Waals surface area contributed by atoms with E-state index in [1.54, 1.807) is 21.9 Å². The third kappa shape index (κ3) is 2.88. The molecule has 4 rings (SSSR count). The molecule has 2 aromatic rings. The van der Waals surface area contributed by atoms with E-state index in [9.17, 15) is 9.59 Å². The lowest BCUT2D eigenvalue weighted by Crippen LogP contribution is -2.43. The summed E-state index contributed by atoms with van der Waals surface area (Å²) in [5.41, 5.74) is 1.41. The highest BCUT2D eigenvalue weighted by molar-refractivity contribution is 5.97. The van der Waals surface area contributed by atoms with Gasteiger partial charge in [0.25, 0.3) is 5.91 Å². The predicted molar refractivity (Wildman–Crippen MR) is 89.3 cm³/mol. The van der Waals surface area contributed by atoms with Crippen molar-refractivity contribution in [2.45, 2.75) is 38.5 Å². The fraction of sp³-hybridized carbons (Fsp3) is 0.556. The average molecular weight is 342 g/mol. The van der Waals surface area contributed by atoms with Gasteiger partial charge in [-0.25, -0.2) is 4.98 Å². The van der Waals surface area contributed by atoms with E-state index in [1.165, 1.54) is 0 Å². The molecule has 7 nitrogen and oxygen atoms in total. The first-order valence-electron chi connectivity index (χ1n) is 8.93. The molecule has 0 saturated carbocycles. The Bertz CT molecular complexity index is 807. The molecule has 2 aliphatic rings. The number of amides is 1. The minimum absolute atomic E-state index is 0.00665. The van der Waals surface area contributed by atoms with E-state index in [-0.39, 0.29) is 17.6 Å². The smallest absolute Gasteiger partial charge is 0.276 e. The van der Waals surface area contributed by atoms with E-state index in [2.05, 4.69) is 10.1 Å². The highest BCUT2D eigenvalue weighted by atomic mass is 16.5. The number of ketones is 1. The third-order valence-electron chi connectivity index (χ3n) is 5.27. The number of aryl methyl sites for hydroxylation is 2. The second-order valence-corrected chi connectivity index (χ2v) is 6.96. The second-order valence-electron chi connectivity index (χ2n) is 6.96. The van der Waals surface area contributed by atoms with Crippen molar-refractivity contribution in [3.05, 3.63) is 35.2 Å². The molecule has 2 aromatic heterocycles. The summed E-state index contributed by atoms with van der Waals surface area (Å²) < 4.78 is 7.10. The number of Topliss-reactive ketones (excluding diaryl/α,β-unsaturated/α-hetero) is 1. The Labute approximate surface area is 146 Å². The van der Waals surface area contributed by atoms with E-state index in [0.717, 1.165) is 49.8 Å². The van der Waals surface area contributed by atoms with Crippen molar-refractivity contribution in [3.8, 4) is 0 Å². The molecule has 132 valence electrons. The van der Waals surface area contributed by atoms with Crippen LogP contribution >= 0.6 is 0 Å². The van der Waals surface area contributed by atoms with Crippen LogP contribution in [0.2, 0.25) is 0 Å². The van der Waals surface area contributed by atoms with Crippen LogP contribution in [0.1, 0.15) is 58.1 Å². The van der Waals surface area contributed by atoms with E-state index in [0.29, 0.717) is 24.6 Å². The van der Waals surface area contributed by atoms with Crippen LogP contribution in [0.25, 0.3) is 0 Å². The number of imidazole rings is 1. The molecule has 0 radical (unpaired) electrons.